The Morgan fingerprint density at radius 1 is 1.23 bits per heavy atom. The second-order valence-electron chi connectivity index (χ2n) is 9.88. The van der Waals surface area contributed by atoms with E-state index in [0.717, 1.165) is 69.5 Å². The topological polar surface area (TPSA) is 79.1 Å². The Hall–Kier alpha value is -2.15. The molecule has 2 saturated heterocycles. The van der Waals surface area contributed by atoms with E-state index >= 15 is 0 Å². The molecule has 3 aliphatic rings. The van der Waals surface area contributed by atoms with E-state index < -0.39 is 0 Å². The molecule has 7 nitrogen and oxygen atoms in total. The standard InChI is InChI=1S/C23H34N6O/c1-16(2)11-17(12-20-25-8-10-30-20)26-21-18-5-3-4-6-19(18)27-22(28-21)29-9-7-23(15-29)13-24-14-23/h8,10,16-17,24H,3-7,9,11-15H2,1-2H3,(H,26,27,28). The lowest BCUT2D eigenvalue weighted by molar-refractivity contribution is 0.199. The summed E-state index contributed by atoms with van der Waals surface area (Å²) in [6, 6.07) is 0.248. The fraction of sp³-hybridized carbons (Fsp3) is 0.696. The quantitative estimate of drug-likeness (QED) is 0.725. The van der Waals surface area contributed by atoms with Gasteiger partial charge in [0.15, 0.2) is 5.89 Å². The Morgan fingerprint density at radius 2 is 2.10 bits per heavy atom. The van der Waals surface area contributed by atoms with Gasteiger partial charge in [-0.25, -0.2) is 9.97 Å². The smallest absolute Gasteiger partial charge is 0.227 e. The van der Waals surface area contributed by atoms with E-state index in [1.807, 2.05) is 0 Å². The second-order valence-corrected chi connectivity index (χ2v) is 9.88. The maximum Gasteiger partial charge on any atom is 0.227 e. The summed E-state index contributed by atoms with van der Waals surface area (Å²) in [5.74, 6) is 3.33. The normalized spacial score (nSPS) is 21.0. The summed E-state index contributed by atoms with van der Waals surface area (Å²) in [6.45, 7) is 8.93. The first kappa shape index (κ1) is 19.8. The van der Waals surface area contributed by atoms with E-state index in [9.17, 15) is 0 Å². The zero-order chi connectivity index (χ0) is 20.6. The molecule has 0 radical (unpaired) electrons. The predicted molar refractivity (Wildman–Crippen MR) is 118 cm³/mol. The summed E-state index contributed by atoms with van der Waals surface area (Å²) in [4.78, 5) is 16.9. The van der Waals surface area contributed by atoms with E-state index in [2.05, 4.69) is 34.4 Å². The number of hydrogen-bond donors (Lipinski definition) is 2. The summed E-state index contributed by atoms with van der Waals surface area (Å²) in [5.41, 5.74) is 3.02. The lowest BCUT2D eigenvalue weighted by Gasteiger charge is -2.39. The van der Waals surface area contributed by atoms with Crippen LogP contribution in [0.4, 0.5) is 11.8 Å². The summed E-state index contributed by atoms with van der Waals surface area (Å²) in [6.07, 6.45) is 11.0. The Balaban J connectivity index is 1.42. The second kappa shape index (κ2) is 8.17. The molecule has 0 aromatic carbocycles. The number of nitrogens with zero attached hydrogens (tertiary/aromatic N) is 4. The molecule has 1 unspecified atom stereocenters. The third kappa shape index (κ3) is 4.04. The van der Waals surface area contributed by atoms with Crippen molar-refractivity contribution < 1.29 is 4.42 Å². The lowest BCUT2D eigenvalue weighted by atomic mass is 9.81. The van der Waals surface area contributed by atoms with E-state index in [4.69, 9.17) is 14.4 Å². The minimum absolute atomic E-state index is 0.248. The fourth-order valence-electron chi connectivity index (χ4n) is 5.24. The Bertz CT molecular complexity index is 861. The average Bonchev–Trinajstić information content (AvgIpc) is 3.37. The van der Waals surface area contributed by atoms with E-state index in [0.29, 0.717) is 11.3 Å². The van der Waals surface area contributed by atoms with Crippen molar-refractivity contribution in [3.05, 3.63) is 29.6 Å². The molecule has 2 fully saturated rings. The molecule has 1 aliphatic carbocycles. The number of aromatic nitrogens is 3. The van der Waals surface area contributed by atoms with Crippen molar-refractivity contribution in [2.24, 2.45) is 11.3 Å². The molecule has 0 bridgehead atoms. The molecule has 7 heteroatoms. The molecule has 1 spiro atoms. The molecule has 5 rings (SSSR count). The van der Waals surface area contributed by atoms with Crippen LogP contribution in [0, 0.1) is 11.3 Å². The summed E-state index contributed by atoms with van der Waals surface area (Å²) in [5, 5.41) is 7.25. The van der Waals surface area contributed by atoms with Crippen molar-refractivity contribution in [2.75, 3.05) is 36.4 Å². The van der Waals surface area contributed by atoms with Crippen molar-refractivity contribution >= 4 is 11.8 Å². The van der Waals surface area contributed by atoms with Gasteiger partial charge >= 0.3 is 0 Å². The maximum atomic E-state index is 5.54. The molecule has 0 saturated carbocycles. The van der Waals surface area contributed by atoms with Crippen LogP contribution in [0.3, 0.4) is 0 Å². The van der Waals surface area contributed by atoms with Gasteiger partial charge in [0.25, 0.3) is 0 Å². The van der Waals surface area contributed by atoms with Gasteiger partial charge in [-0.15, -0.1) is 0 Å². The lowest BCUT2D eigenvalue weighted by Crippen LogP contribution is -2.54. The van der Waals surface area contributed by atoms with Crippen LogP contribution in [-0.4, -0.2) is 47.2 Å². The largest absolute Gasteiger partial charge is 0.449 e. The number of aryl methyl sites for hydroxylation is 1. The highest BCUT2D eigenvalue weighted by Gasteiger charge is 2.43. The first-order valence-electron chi connectivity index (χ1n) is 11.6. The van der Waals surface area contributed by atoms with E-state index in [-0.39, 0.29) is 6.04 Å². The van der Waals surface area contributed by atoms with Crippen molar-refractivity contribution in [1.82, 2.24) is 20.3 Å². The summed E-state index contributed by atoms with van der Waals surface area (Å²) >= 11 is 0. The predicted octanol–water partition coefficient (Wildman–Crippen LogP) is 3.21. The first-order valence-corrected chi connectivity index (χ1v) is 11.6. The van der Waals surface area contributed by atoms with Crippen molar-refractivity contribution in [3.8, 4) is 0 Å². The molecule has 2 aliphatic heterocycles. The van der Waals surface area contributed by atoms with Gasteiger partial charge in [-0.2, -0.15) is 4.98 Å². The number of oxazole rings is 1. The minimum atomic E-state index is 0.248. The van der Waals surface area contributed by atoms with Gasteiger partial charge in [-0.05, 0) is 44.4 Å². The SMILES string of the molecule is CC(C)CC(Cc1ncco1)Nc1nc(N2CCC3(CNC3)C2)nc2c1CCCC2. The first-order chi connectivity index (χ1) is 14.6. The number of nitrogens with one attached hydrogen (secondary N) is 2. The van der Waals surface area contributed by atoms with E-state index in [1.54, 1.807) is 12.5 Å². The highest BCUT2D eigenvalue weighted by atomic mass is 16.3. The molecule has 4 heterocycles. The van der Waals surface area contributed by atoms with Crippen LogP contribution in [-0.2, 0) is 19.3 Å². The summed E-state index contributed by atoms with van der Waals surface area (Å²) < 4.78 is 5.54. The molecular weight excluding hydrogens is 376 g/mol. The molecular formula is C23H34N6O. The molecule has 0 amide bonds. The van der Waals surface area contributed by atoms with Crippen LogP contribution < -0.4 is 15.5 Å². The van der Waals surface area contributed by atoms with Crippen LogP contribution in [0.25, 0.3) is 0 Å². The van der Waals surface area contributed by atoms with Gasteiger partial charge in [0.2, 0.25) is 5.95 Å². The van der Waals surface area contributed by atoms with Gasteiger partial charge in [0.05, 0.1) is 11.9 Å². The monoisotopic (exact) mass is 410 g/mol. The highest BCUT2D eigenvalue weighted by Crippen LogP contribution is 2.37. The zero-order valence-electron chi connectivity index (χ0n) is 18.3. The molecule has 30 heavy (non-hydrogen) atoms. The number of anilines is 2. The Labute approximate surface area is 179 Å². The van der Waals surface area contributed by atoms with Gasteiger partial charge in [-0.3, -0.25) is 0 Å². The van der Waals surface area contributed by atoms with Gasteiger partial charge < -0.3 is 20.0 Å². The molecule has 1 atom stereocenters. The van der Waals surface area contributed by atoms with Crippen LogP contribution in [0.2, 0.25) is 0 Å². The fourth-order valence-corrected chi connectivity index (χ4v) is 5.24. The number of rotatable bonds is 7. The third-order valence-corrected chi connectivity index (χ3v) is 6.89. The molecule has 2 aromatic rings. The van der Waals surface area contributed by atoms with Crippen LogP contribution in [0.15, 0.2) is 16.9 Å². The number of fused-ring (bicyclic) bond motifs is 1. The molecule has 2 aromatic heterocycles. The van der Waals surface area contributed by atoms with Gasteiger partial charge in [0, 0.05) is 49.6 Å². The highest BCUT2D eigenvalue weighted by molar-refractivity contribution is 5.53. The van der Waals surface area contributed by atoms with Crippen molar-refractivity contribution in [1.29, 1.82) is 0 Å². The maximum absolute atomic E-state index is 5.54. The van der Waals surface area contributed by atoms with E-state index in [1.165, 1.54) is 30.5 Å². The Kier molecular flexibility index (Phi) is 5.39. The van der Waals surface area contributed by atoms with Gasteiger partial charge in [0.1, 0.15) is 12.1 Å². The summed E-state index contributed by atoms with van der Waals surface area (Å²) in [7, 11) is 0. The van der Waals surface area contributed by atoms with Crippen LogP contribution in [0.5, 0.6) is 0 Å². The van der Waals surface area contributed by atoms with Gasteiger partial charge in [-0.1, -0.05) is 13.8 Å². The minimum Gasteiger partial charge on any atom is -0.449 e. The zero-order valence-corrected chi connectivity index (χ0v) is 18.3. The Morgan fingerprint density at radius 3 is 2.80 bits per heavy atom. The number of hydrogen-bond acceptors (Lipinski definition) is 7. The van der Waals surface area contributed by atoms with Crippen molar-refractivity contribution in [2.45, 2.75) is 64.8 Å². The molecule has 2 N–H and O–H groups in total. The van der Waals surface area contributed by atoms with Crippen LogP contribution >= 0.6 is 0 Å². The average molecular weight is 411 g/mol. The van der Waals surface area contributed by atoms with Crippen molar-refractivity contribution in [3.63, 3.8) is 0 Å². The third-order valence-electron chi connectivity index (χ3n) is 6.89. The molecule has 162 valence electrons. The van der Waals surface area contributed by atoms with Crippen LogP contribution in [0.1, 0.15) is 56.7 Å².